The van der Waals surface area contributed by atoms with Gasteiger partial charge in [-0.1, -0.05) is 0 Å². The molecule has 0 amide bonds. The third kappa shape index (κ3) is 2.62. The monoisotopic (exact) mass is 285 g/mol. The Hall–Kier alpha value is -1.21. The fourth-order valence-electron chi connectivity index (χ4n) is 2.04. The van der Waals surface area contributed by atoms with Gasteiger partial charge in [0.15, 0.2) is 10.4 Å². The Labute approximate surface area is 111 Å². The van der Waals surface area contributed by atoms with Crippen molar-refractivity contribution in [2.75, 3.05) is 12.0 Å². The van der Waals surface area contributed by atoms with Gasteiger partial charge in [0.05, 0.1) is 11.3 Å². The summed E-state index contributed by atoms with van der Waals surface area (Å²) >= 11 is 5.23. The van der Waals surface area contributed by atoms with Crippen molar-refractivity contribution in [2.45, 2.75) is 19.9 Å². The van der Waals surface area contributed by atoms with Gasteiger partial charge < -0.3 is 4.98 Å². The van der Waals surface area contributed by atoms with E-state index in [-0.39, 0.29) is 11.8 Å². The molecule has 2 heterocycles. The Balaban J connectivity index is 2.57. The summed E-state index contributed by atoms with van der Waals surface area (Å²) in [6.45, 7) is 3.77. The van der Waals surface area contributed by atoms with Crippen molar-refractivity contribution in [1.82, 2.24) is 14.5 Å². The maximum Gasteiger partial charge on any atom is 0.179 e. The van der Waals surface area contributed by atoms with Crippen molar-refractivity contribution in [3.05, 3.63) is 22.6 Å². The quantitative estimate of drug-likeness (QED) is 0.876. The zero-order chi connectivity index (χ0) is 13.5. The van der Waals surface area contributed by atoms with Crippen molar-refractivity contribution < 1.29 is 8.42 Å². The lowest BCUT2D eigenvalue weighted by Crippen LogP contribution is -2.16. The number of hydrogen-bond acceptors (Lipinski definition) is 4. The number of pyridine rings is 1. The minimum Gasteiger partial charge on any atom is -0.329 e. The molecule has 18 heavy (non-hydrogen) atoms. The number of imidazole rings is 1. The number of aromatic amines is 1. The molecule has 0 bridgehead atoms. The minimum atomic E-state index is -3.05. The van der Waals surface area contributed by atoms with Crippen LogP contribution in [-0.2, 0) is 9.84 Å². The lowest BCUT2D eigenvalue weighted by Gasteiger charge is -2.12. The van der Waals surface area contributed by atoms with E-state index in [1.807, 2.05) is 19.9 Å². The zero-order valence-electron chi connectivity index (χ0n) is 10.5. The first-order chi connectivity index (χ1) is 8.28. The smallest absolute Gasteiger partial charge is 0.179 e. The SMILES string of the molecule is Cc1cnc2c(c1)[nH]c(=S)n2C(C)CS(C)(=O)=O. The molecule has 0 spiro atoms. The number of H-pyrrole nitrogens is 1. The Morgan fingerprint density at radius 1 is 1.56 bits per heavy atom. The van der Waals surface area contributed by atoms with Gasteiger partial charge in [-0.2, -0.15) is 0 Å². The van der Waals surface area contributed by atoms with E-state index in [1.54, 1.807) is 10.8 Å². The second-order valence-corrected chi connectivity index (χ2v) is 7.20. The molecule has 2 aromatic heterocycles. The number of rotatable bonds is 3. The van der Waals surface area contributed by atoms with E-state index in [1.165, 1.54) is 6.26 Å². The van der Waals surface area contributed by atoms with E-state index in [9.17, 15) is 8.42 Å². The van der Waals surface area contributed by atoms with Gasteiger partial charge in [-0.15, -0.1) is 0 Å². The van der Waals surface area contributed by atoms with Crippen molar-refractivity contribution in [3.63, 3.8) is 0 Å². The first-order valence-electron chi connectivity index (χ1n) is 5.52. The Morgan fingerprint density at radius 2 is 2.22 bits per heavy atom. The highest BCUT2D eigenvalue weighted by Crippen LogP contribution is 2.19. The highest BCUT2D eigenvalue weighted by molar-refractivity contribution is 7.90. The highest BCUT2D eigenvalue weighted by atomic mass is 32.2. The topological polar surface area (TPSA) is 67.8 Å². The van der Waals surface area contributed by atoms with Crippen molar-refractivity contribution >= 4 is 33.2 Å². The molecule has 1 atom stereocenters. The van der Waals surface area contributed by atoms with Gasteiger partial charge in [0.25, 0.3) is 0 Å². The van der Waals surface area contributed by atoms with Crippen LogP contribution in [0.15, 0.2) is 12.3 Å². The molecule has 0 fully saturated rings. The molecule has 1 N–H and O–H groups in total. The molecule has 2 rings (SSSR count). The fraction of sp³-hybridized carbons (Fsp3) is 0.455. The van der Waals surface area contributed by atoms with Crippen molar-refractivity contribution in [1.29, 1.82) is 0 Å². The summed E-state index contributed by atoms with van der Waals surface area (Å²) in [5, 5.41) is 0. The summed E-state index contributed by atoms with van der Waals surface area (Å²) in [6.07, 6.45) is 2.97. The van der Waals surface area contributed by atoms with Crippen molar-refractivity contribution in [3.8, 4) is 0 Å². The average molecular weight is 285 g/mol. The Bertz CT molecular complexity index is 743. The van der Waals surface area contributed by atoms with Gasteiger partial charge in [0.1, 0.15) is 9.84 Å². The van der Waals surface area contributed by atoms with Gasteiger partial charge in [-0.3, -0.25) is 4.57 Å². The molecule has 0 saturated carbocycles. The van der Waals surface area contributed by atoms with Gasteiger partial charge in [-0.05, 0) is 37.7 Å². The Morgan fingerprint density at radius 3 is 2.83 bits per heavy atom. The lowest BCUT2D eigenvalue weighted by atomic mass is 10.3. The highest BCUT2D eigenvalue weighted by Gasteiger charge is 2.16. The number of nitrogens with one attached hydrogen (secondary N) is 1. The van der Waals surface area contributed by atoms with Gasteiger partial charge in [0, 0.05) is 18.5 Å². The molecule has 0 aromatic carbocycles. The molecule has 98 valence electrons. The van der Waals surface area contributed by atoms with E-state index < -0.39 is 9.84 Å². The van der Waals surface area contributed by atoms with Crippen molar-refractivity contribution in [2.24, 2.45) is 0 Å². The van der Waals surface area contributed by atoms with E-state index >= 15 is 0 Å². The standard InChI is InChI=1S/C11H15N3O2S2/c1-7-4-9-10(12-5-7)14(11(17)13-9)8(2)6-18(3,15)16/h4-5,8H,6H2,1-3H3,(H,13,17). The maximum absolute atomic E-state index is 11.4. The van der Waals surface area contributed by atoms with Crippen LogP contribution in [-0.4, -0.2) is 35.0 Å². The molecule has 5 nitrogen and oxygen atoms in total. The largest absolute Gasteiger partial charge is 0.329 e. The zero-order valence-corrected chi connectivity index (χ0v) is 12.1. The predicted octanol–water partition coefficient (Wildman–Crippen LogP) is 2.01. The first kappa shape index (κ1) is 13.2. The molecular formula is C11H15N3O2S2. The van der Waals surface area contributed by atoms with E-state index in [4.69, 9.17) is 12.2 Å². The van der Waals surface area contributed by atoms with Gasteiger partial charge in [0.2, 0.25) is 0 Å². The minimum absolute atomic E-state index is 0.0455. The van der Waals surface area contributed by atoms with Crippen LogP contribution in [0.2, 0.25) is 0 Å². The molecule has 0 aliphatic heterocycles. The summed E-state index contributed by atoms with van der Waals surface area (Å²) in [5.74, 6) is 0.0455. The molecule has 0 radical (unpaired) electrons. The molecule has 7 heteroatoms. The van der Waals surface area contributed by atoms with Crippen LogP contribution in [0.5, 0.6) is 0 Å². The van der Waals surface area contributed by atoms with Gasteiger partial charge in [-0.25, -0.2) is 13.4 Å². The summed E-state index contributed by atoms with van der Waals surface area (Å²) in [4.78, 5) is 7.38. The number of nitrogens with zero attached hydrogens (tertiary/aromatic N) is 2. The molecule has 0 aliphatic rings. The van der Waals surface area contributed by atoms with Crippen LogP contribution in [0.3, 0.4) is 0 Å². The average Bonchev–Trinajstić information content (AvgIpc) is 2.50. The van der Waals surface area contributed by atoms with Gasteiger partial charge >= 0.3 is 0 Å². The molecule has 0 saturated heterocycles. The molecular weight excluding hydrogens is 270 g/mol. The number of aryl methyl sites for hydroxylation is 1. The summed E-state index contributed by atoms with van der Waals surface area (Å²) in [5.41, 5.74) is 2.56. The second-order valence-electron chi connectivity index (χ2n) is 4.63. The first-order valence-corrected chi connectivity index (χ1v) is 7.99. The summed E-state index contributed by atoms with van der Waals surface area (Å²) in [6, 6.07) is 1.71. The molecule has 0 aliphatic carbocycles. The lowest BCUT2D eigenvalue weighted by molar-refractivity contribution is 0.564. The second kappa shape index (κ2) is 4.47. The number of fused-ring (bicyclic) bond motifs is 1. The summed E-state index contributed by atoms with van der Waals surface area (Å²) < 4.78 is 25.0. The summed E-state index contributed by atoms with van der Waals surface area (Å²) in [7, 11) is -3.05. The van der Waals surface area contributed by atoms with Crippen LogP contribution in [0, 0.1) is 11.7 Å². The molecule has 2 aromatic rings. The van der Waals surface area contributed by atoms with Crippen LogP contribution in [0.25, 0.3) is 11.2 Å². The van der Waals surface area contributed by atoms with Crippen LogP contribution in [0.4, 0.5) is 0 Å². The molecule has 1 unspecified atom stereocenters. The van der Waals surface area contributed by atoms with Crippen LogP contribution < -0.4 is 0 Å². The Kier molecular flexibility index (Phi) is 3.29. The maximum atomic E-state index is 11.4. The van der Waals surface area contributed by atoms with Crippen LogP contribution >= 0.6 is 12.2 Å². The number of hydrogen-bond donors (Lipinski definition) is 1. The predicted molar refractivity (Wildman–Crippen MR) is 74.1 cm³/mol. The van der Waals surface area contributed by atoms with Crippen LogP contribution in [0.1, 0.15) is 18.5 Å². The normalized spacial score (nSPS) is 13.9. The third-order valence-corrected chi connectivity index (χ3v) is 4.06. The number of sulfone groups is 1. The number of aromatic nitrogens is 3. The van der Waals surface area contributed by atoms with E-state index in [0.717, 1.165) is 11.1 Å². The third-order valence-electron chi connectivity index (χ3n) is 2.68. The van der Waals surface area contributed by atoms with E-state index in [2.05, 4.69) is 9.97 Å². The van der Waals surface area contributed by atoms with E-state index in [0.29, 0.717) is 10.4 Å². The fourth-order valence-corrected chi connectivity index (χ4v) is 3.44.